The van der Waals surface area contributed by atoms with Gasteiger partial charge in [0.1, 0.15) is 0 Å². The molecule has 0 aromatic heterocycles. The van der Waals surface area contributed by atoms with Gasteiger partial charge in [0, 0.05) is 26.2 Å². The zero-order chi connectivity index (χ0) is 13.5. The average Bonchev–Trinajstić information content (AvgIpc) is 2.49. The molecule has 2 fully saturated rings. The predicted octanol–water partition coefficient (Wildman–Crippen LogP) is -0.563. The van der Waals surface area contributed by atoms with Gasteiger partial charge in [-0.3, -0.25) is 9.59 Å². The lowest BCUT2D eigenvalue weighted by molar-refractivity contribution is -0.132. The van der Waals surface area contributed by atoms with Crippen LogP contribution in [0.25, 0.3) is 0 Å². The van der Waals surface area contributed by atoms with Crippen LogP contribution in [0.4, 0.5) is 0 Å². The van der Waals surface area contributed by atoms with Crippen LogP contribution in [0.3, 0.4) is 0 Å². The summed E-state index contributed by atoms with van der Waals surface area (Å²) in [5.74, 6) is 0.942. The highest BCUT2D eigenvalue weighted by molar-refractivity contribution is 8.00. The van der Waals surface area contributed by atoms with Crippen LogP contribution in [-0.4, -0.2) is 85.7 Å². The Kier molecular flexibility index (Phi) is 5.93. The van der Waals surface area contributed by atoms with E-state index in [1.807, 2.05) is 0 Å². The van der Waals surface area contributed by atoms with E-state index in [-0.39, 0.29) is 11.8 Å². The number of ether oxygens (including phenoxy) is 2. The number of morpholine rings is 2. The van der Waals surface area contributed by atoms with Gasteiger partial charge in [0.15, 0.2) is 0 Å². The van der Waals surface area contributed by atoms with E-state index in [4.69, 9.17) is 9.47 Å². The van der Waals surface area contributed by atoms with Crippen molar-refractivity contribution >= 4 is 23.6 Å². The summed E-state index contributed by atoms with van der Waals surface area (Å²) in [5.41, 5.74) is 0. The number of carbonyl (C=O) groups is 2. The molecule has 0 saturated carbocycles. The Balaban J connectivity index is 1.62. The molecule has 2 aliphatic heterocycles. The van der Waals surface area contributed by atoms with Crippen molar-refractivity contribution < 1.29 is 19.1 Å². The Labute approximate surface area is 117 Å². The first-order valence-electron chi connectivity index (χ1n) is 6.56. The van der Waals surface area contributed by atoms with Crippen LogP contribution < -0.4 is 0 Å². The quantitative estimate of drug-likeness (QED) is 0.694. The minimum absolute atomic E-state index is 0.100. The van der Waals surface area contributed by atoms with Crippen molar-refractivity contribution in [3.05, 3.63) is 0 Å². The second kappa shape index (κ2) is 7.72. The second-order valence-electron chi connectivity index (χ2n) is 4.48. The lowest BCUT2D eigenvalue weighted by Gasteiger charge is -2.28. The van der Waals surface area contributed by atoms with Crippen LogP contribution >= 0.6 is 11.8 Å². The van der Waals surface area contributed by atoms with Crippen molar-refractivity contribution in [1.29, 1.82) is 0 Å². The molecule has 0 spiro atoms. The molecule has 0 aromatic rings. The smallest absolute Gasteiger partial charge is 0.232 e. The standard InChI is InChI=1S/C12H20N2O4S/c15-11(13-1-5-17-6-2-13)9-19-10-12(16)14-3-7-18-8-4-14/h1-10H2. The maximum atomic E-state index is 11.9. The highest BCUT2D eigenvalue weighted by Gasteiger charge is 2.19. The van der Waals surface area contributed by atoms with Gasteiger partial charge in [0.25, 0.3) is 0 Å². The Morgan fingerprint density at radius 1 is 0.789 bits per heavy atom. The maximum Gasteiger partial charge on any atom is 0.232 e. The number of nitrogens with zero attached hydrogens (tertiary/aromatic N) is 2. The van der Waals surface area contributed by atoms with Crippen molar-refractivity contribution in [3.63, 3.8) is 0 Å². The van der Waals surface area contributed by atoms with Crippen molar-refractivity contribution in [2.24, 2.45) is 0 Å². The molecule has 108 valence electrons. The molecule has 0 bridgehead atoms. The van der Waals surface area contributed by atoms with Gasteiger partial charge in [-0.25, -0.2) is 0 Å². The molecule has 2 rings (SSSR count). The number of thioether (sulfide) groups is 1. The van der Waals surface area contributed by atoms with E-state index in [1.54, 1.807) is 9.80 Å². The highest BCUT2D eigenvalue weighted by atomic mass is 32.2. The first-order chi connectivity index (χ1) is 9.27. The largest absolute Gasteiger partial charge is 0.378 e. The normalized spacial score (nSPS) is 20.4. The Bertz CT molecular complexity index is 285. The Hall–Kier alpha value is -0.790. The van der Waals surface area contributed by atoms with E-state index in [1.165, 1.54) is 11.8 Å². The highest BCUT2D eigenvalue weighted by Crippen LogP contribution is 2.08. The summed E-state index contributed by atoms with van der Waals surface area (Å²) in [6.07, 6.45) is 0. The van der Waals surface area contributed by atoms with E-state index in [2.05, 4.69) is 0 Å². The molecule has 0 aliphatic carbocycles. The molecular weight excluding hydrogens is 268 g/mol. The minimum atomic E-state index is 0.100. The summed E-state index contributed by atoms with van der Waals surface area (Å²) < 4.78 is 10.4. The maximum absolute atomic E-state index is 11.9. The van der Waals surface area contributed by atoms with Crippen molar-refractivity contribution in [3.8, 4) is 0 Å². The van der Waals surface area contributed by atoms with Crippen molar-refractivity contribution in [2.45, 2.75) is 0 Å². The summed E-state index contributed by atoms with van der Waals surface area (Å²) >= 11 is 1.39. The van der Waals surface area contributed by atoms with Gasteiger partial charge in [0.2, 0.25) is 11.8 Å². The first kappa shape index (κ1) is 14.6. The number of carbonyl (C=O) groups excluding carboxylic acids is 2. The van der Waals surface area contributed by atoms with Gasteiger partial charge in [-0.15, -0.1) is 11.8 Å². The summed E-state index contributed by atoms with van der Waals surface area (Å²) in [6, 6.07) is 0. The molecule has 0 unspecified atom stereocenters. The molecule has 0 radical (unpaired) electrons. The molecule has 2 amide bonds. The fourth-order valence-electron chi connectivity index (χ4n) is 2.03. The van der Waals surface area contributed by atoms with Crippen LogP contribution in [0.2, 0.25) is 0 Å². The van der Waals surface area contributed by atoms with Gasteiger partial charge < -0.3 is 19.3 Å². The zero-order valence-corrected chi connectivity index (χ0v) is 11.8. The van der Waals surface area contributed by atoms with Gasteiger partial charge in [0.05, 0.1) is 37.9 Å². The number of hydrogen-bond donors (Lipinski definition) is 0. The monoisotopic (exact) mass is 288 g/mol. The summed E-state index contributed by atoms with van der Waals surface area (Å²) in [4.78, 5) is 27.3. The molecule has 2 aliphatic rings. The van der Waals surface area contributed by atoms with Crippen LogP contribution in [0.5, 0.6) is 0 Å². The van der Waals surface area contributed by atoms with Crippen LogP contribution in [0.1, 0.15) is 0 Å². The van der Waals surface area contributed by atoms with E-state index < -0.39 is 0 Å². The van der Waals surface area contributed by atoms with Crippen LogP contribution in [-0.2, 0) is 19.1 Å². The lowest BCUT2D eigenvalue weighted by atomic mass is 10.4. The van der Waals surface area contributed by atoms with Gasteiger partial charge in [-0.05, 0) is 0 Å². The fourth-order valence-corrected chi connectivity index (χ4v) is 2.85. The molecule has 2 saturated heterocycles. The summed E-state index contributed by atoms with van der Waals surface area (Å²) in [6.45, 7) is 5.11. The van der Waals surface area contributed by atoms with Gasteiger partial charge in [-0.1, -0.05) is 0 Å². The third-order valence-electron chi connectivity index (χ3n) is 3.18. The molecule has 0 atom stereocenters. The Morgan fingerprint density at radius 3 is 1.53 bits per heavy atom. The first-order valence-corrected chi connectivity index (χ1v) is 7.71. The van der Waals surface area contributed by atoms with E-state index in [0.29, 0.717) is 64.1 Å². The van der Waals surface area contributed by atoms with Crippen LogP contribution in [0, 0.1) is 0 Å². The molecular formula is C12H20N2O4S. The minimum Gasteiger partial charge on any atom is -0.378 e. The van der Waals surface area contributed by atoms with Gasteiger partial charge >= 0.3 is 0 Å². The van der Waals surface area contributed by atoms with Crippen molar-refractivity contribution in [1.82, 2.24) is 9.80 Å². The fraction of sp³-hybridized carbons (Fsp3) is 0.833. The molecule has 7 heteroatoms. The SMILES string of the molecule is O=C(CSCC(=O)N1CCOCC1)N1CCOCC1. The molecule has 19 heavy (non-hydrogen) atoms. The number of amides is 2. The third kappa shape index (κ3) is 4.67. The lowest BCUT2D eigenvalue weighted by Crippen LogP contribution is -2.43. The third-order valence-corrected chi connectivity index (χ3v) is 4.08. The number of rotatable bonds is 4. The van der Waals surface area contributed by atoms with E-state index in [0.717, 1.165) is 0 Å². The summed E-state index contributed by atoms with van der Waals surface area (Å²) in [5, 5.41) is 0. The molecule has 2 heterocycles. The van der Waals surface area contributed by atoms with Crippen LogP contribution in [0.15, 0.2) is 0 Å². The van der Waals surface area contributed by atoms with Crippen molar-refractivity contribution in [2.75, 3.05) is 64.1 Å². The topological polar surface area (TPSA) is 59.1 Å². The van der Waals surface area contributed by atoms with E-state index >= 15 is 0 Å². The molecule has 0 aromatic carbocycles. The Morgan fingerprint density at radius 2 is 1.16 bits per heavy atom. The van der Waals surface area contributed by atoms with E-state index in [9.17, 15) is 9.59 Å². The zero-order valence-electron chi connectivity index (χ0n) is 11.0. The summed E-state index contributed by atoms with van der Waals surface area (Å²) in [7, 11) is 0. The molecule has 0 N–H and O–H groups in total. The predicted molar refractivity (Wildman–Crippen MR) is 72.1 cm³/mol. The number of hydrogen-bond acceptors (Lipinski definition) is 5. The van der Waals surface area contributed by atoms with Gasteiger partial charge in [-0.2, -0.15) is 0 Å². The second-order valence-corrected chi connectivity index (χ2v) is 5.46. The molecule has 6 nitrogen and oxygen atoms in total. The average molecular weight is 288 g/mol.